The predicted octanol–water partition coefficient (Wildman–Crippen LogP) is 2.23. The Bertz CT molecular complexity index is 824. The van der Waals surface area contributed by atoms with Crippen molar-refractivity contribution in [2.45, 2.75) is 25.0 Å². The van der Waals surface area contributed by atoms with Crippen LogP contribution in [0.1, 0.15) is 34.1 Å². The van der Waals surface area contributed by atoms with Crippen molar-refractivity contribution in [1.29, 1.82) is 0 Å². The normalized spacial score (nSPS) is 46.0. The third-order valence-electron chi connectivity index (χ3n) is 6.58. The van der Waals surface area contributed by atoms with Crippen molar-refractivity contribution in [2.75, 3.05) is 0 Å². The van der Waals surface area contributed by atoms with E-state index in [4.69, 9.17) is 4.74 Å². The summed E-state index contributed by atoms with van der Waals surface area (Å²) in [7, 11) is 0. The van der Waals surface area contributed by atoms with Crippen LogP contribution in [-0.2, 0) is 9.53 Å². The maximum atomic E-state index is 13.1. The lowest BCUT2D eigenvalue weighted by molar-refractivity contribution is -0.127. The standard InChI is InChI=1S/C19H16O4/c1-3-9-8-19(9)17(22)16-12-13(18(19,2)23-16)15(21)11-7-5-4-6-10(11)14(12)20/h3-7,9,12-13,16H,1,8H2,2H3. The molecule has 4 nitrogen and oxygen atoms in total. The van der Waals surface area contributed by atoms with Gasteiger partial charge in [0, 0.05) is 11.1 Å². The number of hydrogen-bond donors (Lipinski definition) is 0. The zero-order valence-electron chi connectivity index (χ0n) is 12.7. The van der Waals surface area contributed by atoms with Gasteiger partial charge in [-0.05, 0) is 19.3 Å². The summed E-state index contributed by atoms with van der Waals surface area (Å²) >= 11 is 0. The van der Waals surface area contributed by atoms with E-state index in [1.54, 1.807) is 30.3 Å². The fourth-order valence-corrected chi connectivity index (χ4v) is 5.41. The maximum absolute atomic E-state index is 13.1. The molecule has 4 heteroatoms. The summed E-state index contributed by atoms with van der Waals surface area (Å²) in [5.74, 6) is -1.36. The molecule has 2 aliphatic heterocycles. The molecular formula is C19H16O4. The molecule has 5 rings (SSSR count). The first kappa shape index (κ1) is 13.4. The number of ketones is 3. The van der Waals surface area contributed by atoms with Gasteiger partial charge in [0.1, 0.15) is 6.10 Å². The van der Waals surface area contributed by atoms with Gasteiger partial charge >= 0.3 is 0 Å². The summed E-state index contributed by atoms with van der Waals surface area (Å²) in [6, 6.07) is 6.89. The fourth-order valence-electron chi connectivity index (χ4n) is 5.41. The molecule has 0 aromatic heterocycles. The molecular weight excluding hydrogens is 292 g/mol. The molecule has 1 saturated carbocycles. The maximum Gasteiger partial charge on any atom is 0.172 e. The molecule has 6 unspecified atom stereocenters. The smallest absolute Gasteiger partial charge is 0.172 e. The van der Waals surface area contributed by atoms with Gasteiger partial charge in [0.2, 0.25) is 0 Å². The van der Waals surface area contributed by atoms with Crippen LogP contribution in [0.3, 0.4) is 0 Å². The van der Waals surface area contributed by atoms with E-state index in [1.165, 1.54) is 0 Å². The number of fused-ring (bicyclic) bond motifs is 7. The van der Waals surface area contributed by atoms with Gasteiger partial charge < -0.3 is 4.74 Å². The van der Waals surface area contributed by atoms with Crippen LogP contribution in [0, 0.1) is 23.2 Å². The monoisotopic (exact) mass is 308 g/mol. The van der Waals surface area contributed by atoms with Crippen molar-refractivity contribution in [3.63, 3.8) is 0 Å². The van der Waals surface area contributed by atoms with Gasteiger partial charge in [-0.2, -0.15) is 0 Å². The first-order valence-electron chi connectivity index (χ1n) is 7.99. The van der Waals surface area contributed by atoms with E-state index in [-0.39, 0.29) is 23.3 Å². The largest absolute Gasteiger partial charge is 0.362 e. The number of benzene rings is 1. The highest BCUT2D eigenvalue weighted by Crippen LogP contribution is 2.73. The minimum absolute atomic E-state index is 0.00770. The Labute approximate surface area is 133 Å². The molecule has 1 spiro atoms. The van der Waals surface area contributed by atoms with Gasteiger partial charge in [0.15, 0.2) is 17.3 Å². The molecule has 2 bridgehead atoms. The SMILES string of the molecule is C=CC1CC12C(=O)C1OC2(C)C2C(=O)c3ccccc3C(=O)C12. The molecule has 2 saturated heterocycles. The zero-order chi connectivity index (χ0) is 16.1. The fraction of sp³-hybridized carbons (Fsp3) is 0.421. The second-order valence-corrected chi connectivity index (χ2v) is 7.30. The summed E-state index contributed by atoms with van der Waals surface area (Å²) in [5, 5.41) is 0. The Morgan fingerprint density at radius 1 is 1.17 bits per heavy atom. The van der Waals surface area contributed by atoms with Crippen molar-refractivity contribution in [2.24, 2.45) is 23.2 Å². The summed E-state index contributed by atoms with van der Waals surface area (Å²) in [4.78, 5) is 38.9. The van der Waals surface area contributed by atoms with Gasteiger partial charge in [-0.25, -0.2) is 0 Å². The van der Waals surface area contributed by atoms with Crippen LogP contribution in [-0.4, -0.2) is 29.1 Å². The Kier molecular flexibility index (Phi) is 2.15. The summed E-state index contributed by atoms with van der Waals surface area (Å²) in [5.41, 5.74) is -0.646. The van der Waals surface area contributed by atoms with Crippen molar-refractivity contribution in [1.82, 2.24) is 0 Å². The Morgan fingerprint density at radius 2 is 1.83 bits per heavy atom. The molecule has 0 N–H and O–H groups in total. The van der Waals surface area contributed by atoms with E-state index in [0.717, 1.165) is 0 Å². The quantitative estimate of drug-likeness (QED) is 0.747. The molecule has 2 aliphatic carbocycles. The van der Waals surface area contributed by atoms with Gasteiger partial charge in [0.05, 0.1) is 22.9 Å². The molecule has 2 heterocycles. The third-order valence-corrected chi connectivity index (χ3v) is 6.58. The average Bonchev–Trinajstić information content (AvgIpc) is 3.17. The van der Waals surface area contributed by atoms with Gasteiger partial charge in [-0.15, -0.1) is 6.58 Å². The Hall–Kier alpha value is -2.07. The molecule has 6 atom stereocenters. The minimum Gasteiger partial charge on any atom is -0.362 e. The Balaban J connectivity index is 1.72. The van der Waals surface area contributed by atoms with Crippen molar-refractivity contribution in [3.05, 3.63) is 48.0 Å². The lowest BCUT2D eigenvalue weighted by atomic mass is 9.57. The summed E-state index contributed by atoms with van der Waals surface area (Å²) in [6.45, 7) is 5.65. The molecule has 3 fully saturated rings. The van der Waals surface area contributed by atoms with Gasteiger partial charge in [-0.3, -0.25) is 14.4 Å². The number of hydrogen-bond acceptors (Lipinski definition) is 4. The first-order chi connectivity index (χ1) is 11.0. The van der Waals surface area contributed by atoms with Crippen LogP contribution in [0.25, 0.3) is 0 Å². The van der Waals surface area contributed by atoms with Crippen LogP contribution < -0.4 is 0 Å². The number of carbonyl (C=O) groups is 3. The van der Waals surface area contributed by atoms with Crippen molar-refractivity contribution in [3.8, 4) is 0 Å². The van der Waals surface area contributed by atoms with Crippen LogP contribution in [0.15, 0.2) is 36.9 Å². The van der Waals surface area contributed by atoms with Gasteiger partial charge in [-0.1, -0.05) is 30.3 Å². The highest BCUT2D eigenvalue weighted by molar-refractivity contribution is 6.20. The van der Waals surface area contributed by atoms with E-state index < -0.39 is 29.0 Å². The second kappa shape index (κ2) is 3.70. The van der Waals surface area contributed by atoms with E-state index in [2.05, 4.69) is 6.58 Å². The van der Waals surface area contributed by atoms with Crippen molar-refractivity contribution >= 4 is 17.3 Å². The molecule has 23 heavy (non-hydrogen) atoms. The lowest BCUT2D eigenvalue weighted by Crippen LogP contribution is -2.56. The molecule has 0 radical (unpaired) electrons. The lowest BCUT2D eigenvalue weighted by Gasteiger charge is -2.40. The molecule has 116 valence electrons. The molecule has 0 amide bonds. The number of ether oxygens (including phenoxy) is 1. The van der Waals surface area contributed by atoms with E-state index in [9.17, 15) is 14.4 Å². The zero-order valence-corrected chi connectivity index (χ0v) is 12.7. The second-order valence-electron chi connectivity index (χ2n) is 7.30. The van der Waals surface area contributed by atoms with E-state index >= 15 is 0 Å². The molecule has 1 aromatic rings. The van der Waals surface area contributed by atoms with E-state index in [0.29, 0.717) is 17.5 Å². The Morgan fingerprint density at radius 3 is 2.43 bits per heavy atom. The van der Waals surface area contributed by atoms with Crippen LogP contribution in [0.4, 0.5) is 0 Å². The van der Waals surface area contributed by atoms with Gasteiger partial charge in [0.25, 0.3) is 0 Å². The minimum atomic E-state index is -0.890. The average molecular weight is 308 g/mol. The highest BCUT2D eigenvalue weighted by atomic mass is 16.5. The van der Waals surface area contributed by atoms with E-state index in [1.807, 2.05) is 6.92 Å². The molecule has 1 aromatic carbocycles. The predicted molar refractivity (Wildman–Crippen MR) is 81.1 cm³/mol. The topological polar surface area (TPSA) is 60.4 Å². The highest BCUT2D eigenvalue weighted by Gasteiger charge is 2.84. The molecule has 4 aliphatic rings. The van der Waals surface area contributed by atoms with Crippen LogP contribution in [0.5, 0.6) is 0 Å². The number of allylic oxidation sites excluding steroid dienone is 1. The first-order valence-corrected chi connectivity index (χ1v) is 7.99. The summed E-state index contributed by atoms with van der Waals surface area (Å²) in [6.07, 6.45) is 1.68. The van der Waals surface area contributed by atoms with Crippen LogP contribution >= 0.6 is 0 Å². The number of carbonyl (C=O) groups excluding carboxylic acids is 3. The summed E-state index contributed by atoms with van der Waals surface area (Å²) < 4.78 is 6.06. The third kappa shape index (κ3) is 1.17. The number of Topliss-reactive ketones (excluding diaryl/α,β-unsaturated/α-hetero) is 3. The van der Waals surface area contributed by atoms with Crippen molar-refractivity contribution < 1.29 is 19.1 Å². The van der Waals surface area contributed by atoms with Crippen LogP contribution in [0.2, 0.25) is 0 Å². The number of rotatable bonds is 1.